The van der Waals surface area contributed by atoms with Crippen molar-refractivity contribution in [3.05, 3.63) is 47.3 Å². The first-order chi connectivity index (χ1) is 13.6. The lowest BCUT2D eigenvalue weighted by atomic mass is 9.81. The first-order valence-electron chi connectivity index (χ1n) is 10.1. The molecule has 2 saturated carbocycles. The topological polar surface area (TPSA) is 73.9 Å². The number of carbonyl (C=O) groups excluding carboxylic acids is 1. The molecule has 1 aromatic rings. The molecule has 0 heterocycles. The Kier molecular flexibility index (Phi) is 6.82. The number of benzene rings is 1. The maximum atomic E-state index is 13.8. The summed E-state index contributed by atoms with van der Waals surface area (Å²) in [5.41, 5.74) is 0.995. The van der Waals surface area contributed by atoms with Crippen molar-refractivity contribution in [3.63, 3.8) is 0 Å². The summed E-state index contributed by atoms with van der Waals surface area (Å²) >= 11 is 0. The molecule has 4 nitrogen and oxygen atoms in total. The number of esters is 1. The van der Waals surface area contributed by atoms with Crippen LogP contribution in [-0.2, 0) is 9.53 Å². The molecule has 0 aliphatic heterocycles. The van der Waals surface area contributed by atoms with E-state index >= 15 is 0 Å². The number of ether oxygens (including phenoxy) is 1. The number of nitriles is 2. The Labute approximate surface area is 165 Å². The third-order valence-electron chi connectivity index (χ3n) is 6.09. The highest BCUT2D eigenvalue weighted by atomic mass is 19.1. The van der Waals surface area contributed by atoms with E-state index in [2.05, 4.69) is 0 Å². The van der Waals surface area contributed by atoms with Gasteiger partial charge in [-0.2, -0.15) is 10.5 Å². The summed E-state index contributed by atoms with van der Waals surface area (Å²) in [6, 6.07) is 8.71. The fourth-order valence-corrected chi connectivity index (χ4v) is 4.38. The van der Waals surface area contributed by atoms with Crippen molar-refractivity contribution in [3.8, 4) is 12.1 Å². The molecule has 0 aromatic heterocycles. The highest BCUT2D eigenvalue weighted by Gasteiger charge is 2.30. The first kappa shape index (κ1) is 20.1. The lowest BCUT2D eigenvalue weighted by Gasteiger charge is -2.31. The van der Waals surface area contributed by atoms with Crippen LogP contribution in [0.2, 0.25) is 0 Å². The second kappa shape index (κ2) is 9.51. The summed E-state index contributed by atoms with van der Waals surface area (Å²) in [5, 5.41) is 17.4. The van der Waals surface area contributed by atoms with Crippen molar-refractivity contribution in [1.82, 2.24) is 0 Å². The number of halogens is 1. The fourth-order valence-electron chi connectivity index (χ4n) is 4.38. The molecule has 0 radical (unpaired) electrons. The second-order valence-corrected chi connectivity index (χ2v) is 7.86. The van der Waals surface area contributed by atoms with E-state index in [-0.39, 0.29) is 29.5 Å². The van der Waals surface area contributed by atoms with Crippen LogP contribution < -0.4 is 0 Å². The van der Waals surface area contributed by atoms with Gasteiger partial charge in [-0.3, -0.25) is 4.79 Å². The first-order valence-corrected chi connectivity index (χ1v) is 10.1. The largest absolute Gasteiger partial charge is 0.462 e. The highest BCUT2D eigenvalue weighted by Crippen LogP contribution is 2.36. The monoisotopic (exact) mass is 380 g/mol. The van der Waals surface area contributed by atoms with Gasteiger partial charge in [0.2, 0.25) is 0 Å². The van der Waals surface area contributed by atoms with Gasteiger partial charge in [-0.05, 0) is 80.9 Å². The maximum Gasteiger partial charge on any atom is 0.309 e. The number of carbonyl (C=O) groups is 1. The van der Waals surface area contributed by atoms with Crippen LogP contribution >= 0.6 is 0 Å². The van der Waals surface area contributed by atoms with Crippen LogP contribution in [0.25, 0.3) is 0 Å². The molecule has 2 aliphatic rings. The average Bonchev–Trinajstić information content (AvgIpc) is 2.73. The van der Waals surface area contributed by atoms with Crippen LogP contribution in [0.5, 0.6) is 0 Å². The van der Waals surface area contributed by atoms with Gasteiger partial charge in [0.15, 0.2) is 0 Å². The van der Waals surface area contributed by atoms with E-state index in [9.17, 15) is 9.18 Å². The summed E-state index contributed by atoms with van der Waals surface area (Å²) in [4.78, 5) is 12.5. The Morgan fingerprint density at radius 2 is 1.79 bits per heavy atom. The van der Waals surface area contributed by atoms with Crippen LogP contribution in [0.3, 0.4) is 0 Å². The van der Waals surface area contributed by atoms with Crippen molar-refractivity contribution in [2.24, 2.45) is 11.8 Å². The van der Waals surface area contributed by atoms with Crippen LogP contribution in [0.4, 0.5) is 4.39 Å². The van der Waals surface area contributed by atoms with Gasteiger partial charge in [-0.1, -0.05) is 12.1 Å². The van der Waals surface area contributed by atoms with Gasteiger partial charge >= 0.3 is 5.97 Å². The molecule has 146 valence electrons. The van der Waals surface area contributed by atoms with Crippen molar-refractivity contribution >= 4 is 5.97 Å². The molecule has 0 bridgehead atoms. The zero-order valence-corrected chi connectivity index (χ0v) is 15.9. The van der Waals surface area contributed by atoms with Gasteiger partial charge in [0.1, 0.15) is 18.0 Å². The summed E-state index contributed by atoms with van der Waals surface area (Å²) in [7, 11) is 0. The average molecular weight is 380 g/mol. The van der Waals surface area contributed by atoms with Gasteiger partial charge in [0.05, 0.1) is 17.6 Å². The molecule has 0 amide bonds. The van der Waals surface area contributed by atoms with E-state index in [1.807, 2.05) is 24.3 Å². The van der Waals surface area contributed by atoms with Gasteiger partial charge < -0.3 is 4.74 Å². The quantitative estimate of drug-likeness (QED) is 0.535. The molecule has 2 aliphatic carbocycles. The molecular weight excluding hydrogens is 355 g/mol. The summed E-state index contributed by atoms with van der Waals surface area (Å²) in [5.74, 6) is 0.0629. The molecule has 1 aromatic carbocycles. The zero-order chi connectivity index (χ0) is 19.9. The third kappa shape index (κ3) is 4.98. The Morgan fingerprint density at radius 3 is 2.39 bits per heavy atom. The number of hydrogen-bond donors (Lipinski definition) is 0. The molecule has 0 atom stereocenters. The smallest absolute Gasteiger partial charge is 0.309 e. The highest BCUT2D eigenvalue weighted by molar-refractivity contribution is 5.72. The van der Waals surface area contributed by atoms with Gasteiger partial charge in [-0.15, -0.1) is 0 Å². The van der Waals surface area contributed by atoms with Crippen molar-refractivity contribution in [1.29, 1.82) is 10.5 Å². The van der Waals surface area contributed by atoms with E-state index in [0.717, 1.165) is 56.9 Å². The van der Waals surface area contributed by atoms with Crippen LogP contribution in [0.1, 0.15) is 68.4 Å². The minimum absolute atomic E-state index is 0.0305. The minimum Gasteiger partial charge on any atom is -0.462 e. The maximum absolute atomic E-state index is 13.8. The van der Waals surface area contributed by atoms with Crippen molar-refractivity contribution in [2.45, 2.75) is 63.4 Å². The van der Waals surface area contributed by atoms with E-state index in [1.165, 1.54) is 12.1 Å². The van der Waals surface area contributed by atoms with Gasteiger partial charge in [-0.25, -0.2) is 4.39 Å². The fraction of sp³-hybridized carbons (Fsp3) is 0.522. The molecular formula is C23H25FN2O2. The number of allylic oxidation sites excluding steroid dienone is 2. The number of nitrogens with zero attached hydrogens (tertiary/aromatic N) is 2. The molecule has 3 rings (SSSR count). The molecule has 5 heteroatoms. The summed E-state index contributed by atoms with van der Waals surface area (Å²) < 4.78 is 19.6. The van der Waals surface area contributed by atoms with Gasteiger partial charge in [0.25, 0.3) is 0 Å². The second-order valence-electron chi connectivity index (χ2n) is 7.86. The summed E-state index contributed by atoms with van der Waals surface area (Å²) in [6.07, 6.45) is 10.2. The molecule has 0 spiro atoms. The Balaban J connectivity index is 1.45. The number of rotatable bonds is 4. The third-order valence-corrected chi connectivity index (χ3v) is 6.09. The standard InChI is InChI=1S/C23H25FN2O2/c24-22-14-19(7-8-20(22)15-26)17-9-11-21(12-10-17)28-23(27)18-5-3-16(4-6-18)2-1-13-25/h1-2,7-8,14,16-18,21H,3-6,9-12H2/b2-1+. The SMILES string of the molecule is N#C/C=C/C1CCC(C(=O)OC2CCC(c3ccc(C#N)c(F)c3)CC2)CC1. The van der Waals surface area contributed by atoms with Crippen LogP contribution in [-0.4, -0.2) is 12.1 Å². The predicted molar refractivity (Wildman–Crippen MR) is 102 cm³/mol. The van der Waals surface area contributed by atoms with E-state index < -0.39 is 5.82 Å². The number of hydrogen-bond acceptors (Lipinski definition) is 4. The van der Waals surface area contributed by atoms with E-state index in [4.69, 9.17) is 15.3 Å². The Bertz CT molecular complexity index is 805. The van der Waals surface area contributed by atoms with Crippen molar-refractivity contribution in [2.75, 3.05) is 0 Å². The van der Waals surface area contributed by atoms with Crippen LogP contribution in [0, 0.1) is 40.3 Å². The normalized spacial score (nSPS) is 27.7. The lowest BCUT2D eigenvalue weighted by molar-refractivity contribution is -0.157. The molecule has 2 fully saturated rings. The lowest BCUT2D eigenvalue weighted by Crippen LogP contribution is -2.29. The predicted octanol–water partition coefficient (Wildman–Crippen LogP) is 5.15. The Morgan fingerprint density at radius 1 is 1.07 bits per heavy atom. The van der Waals surface area contributed by atoms with E-state index in [0.29, 0.717) is 5.92 Å². The molecule has 0 N–H and O–H groups in total. The summed E-state index contributed by atoms with van der Waals surface area (Å²) in [6.45, 7) is 0. The zero-order valence-electron chi connectivity index (χ0n) is 15.9. The van der Waals surface area contributed by atoms with Crippen LogP contribution in [0.15, 0.2) is 30.4 Å². The molecule has 28 heavy (non-hydrogen) atoms. The molecule has 0 saturated heterocycles. The van der Waals surface area contributed by atoms with Gasteiger partial charge in [0, 0.05) is 6.08 Å². The molecule has 0 unspecified atom stereocenters. The minimum atomic E-state index is -0.464. The van der Waals surface area contributed by atoms with E-state index in [1.54, 1.807) is 6.07 Å². The Hall–Kier alpha value is -2.66. The van der Waals surface area contributed by atoms with Crippen molar-refractivity contribution < 1.29 is 13.9 Å².